The number of carboxylic acids is 1. The summed E-state index contributed by atoms with van der Waals surface area (Å²) < 4.78 is 63.7. The molecule has 2 aromatic carbocycles. The third-order valence-electron chi connectivity index (χ3n) is 9.51. The number of carboxylic acid groups (broad SMARTS) is 1. The molecule has 1 aliphatic heterocycles. The van der Waals surface area contributed by atoms with Crippen molar-refractivity contribution in [1.29, 1.82) is 0 Å². The van der Waals surface area contributed by atoms with E-state index in [0.29, 0.717) is 41.2 Å². The van der Waals surface area contributed by atoms with E-state index in [1.807, 2.05) is 82.4 Å². The van der Waals surface area contributed by atoms with Crippen molar-refractivity contribution in [2.45, 2.75) is 72.3 Å². The molecule has 0 bridgehead atoms. The van der Waals surface area contributed by atoms with Crippen molar-refractivity contribution in [3.8, 4) is 39.5 Å². The number of hydrogen-bond acceptors (Lipinski definition) is 7. The van der Waals surface area contributed by atoms with Crippen LogP contribution in [-0.4, -0.2) is 59.6 Å². The standard InChI is InChI=1S/C39H40FN5O3.C2HF3O2/c1-21-26-11-10-16-47-37(26)29(40)18-27(21)35-28-19-33(44(7)38(28)42-22(2)34(35)36(23(3)46)48-39(4,5)6)31-13-9-12-30(43-31)24-14-15-32-25(17-24)20-41-45(32)8;3-2(4,5)1(6)7/h9,12-15,17-20,36H,10-11,16H2,1-8H3;(H,6,7)/t36-;/m1./s1. The first-order valence-electron chi connectivity index (χ1n) is 17.6. The van der Waals surface area contributed by atoms with Crippen molar-refractivity contribution in [2.75, 3.05) is 6.61 Å². The van der Waals surface area contributed by atoms with Crippen LogP contribution in [0.25, 0.3) is 55.7 Å². The van der Waals surface area contributed by atoms with Gasteiger partial charge in [-0.3, -0.25) is 9.48 Å². The van der Waals surface area contributed by atoms with Gasteiger partial charge in [-0.1, -0.05) is 12.1 Å². The Kier molecular flexibility index (Phi) is 10.3. The summed E-state index contributed by atoms with van der Waals surface area (Å²) in [7, 11) is 3.89. The highest BCUT2D eigenvalue weighted by Gasteiger charge is 2.38. The number of benzene rings is 2. The summed E-state index contributed by atoms with van der Waals surface area (Å²) in [6.45, 7) is 11.7. The number of aromatic nitrogens is 5. The SMILES string of the molecule is CC(=O)[C@@H](OC(C)(C)C)c1c(C)nc2c(cc(-c3cccc(-c4ccc5c(cnn5C)c4)n3)n2C)c1-c1cc(F)c2c(c1C)CCCO2.O=C(O)C(F)(F)F. The van der Waals surface area contributed by atoms with Crippen molar-refractivity contribution in [1.82, 2.24) is 24.3 Å². The van der Waals surface area contributed by atoms with Gasteiger partial charge in [0.05, 0.1) is 41.0 Å². The van der Waals surface area contributed by atoms with Gasteiger partial charge in [-0.15, -0.1) is 0 Å². The Hall–Kier alpha value is -5.63. The lowest BCUT2D eigenvalue weighted by molar-refractivity contribution is -0.192. The van der Waals surface area contributed by atoms with Gasteiger partial charge in [-0.2, -0.15) is 18.3 Å². The number of nitrogens with zero attached hydrogens (tertiary/aromatic N) is 5. The fraction of sp³-hybridized carbons (Fsp3) is 0.341. The Morgan fingerprint density at radius 1 is 1.00 bits per heavy atom. The number of Topliss-reactive ketones (excluding diaryl/α,β-unsaturated/α-hetero) is 1. The van der Waals surface area contributed by atoms with Crippen molar-refractivity contribution < 1.29 is 41.7 Å². The molecule has 1 N–H and O–H groups in total. The van der Waals surface area contributed by atoms with Crippen molar-refractivity contribution in [3.05, 3.63) is 82.9 Å². The van der Waals surface area contributed by atoms with Crippen LogP contribution < -0.4 is 4.74 Å². The third kappa shape index (κ3) is 7.68. The van der Waals surface area contributed by atoms with Crippen LogP contribution in [-0.2, 0) is 34.8 Å². The summed E-state index contributed by atoms with van der Waals surface area (Å²) in [5.41, 5.74) is 9.08. The smallest absolute Gasteiger partial charge is 0.490 e. The number of pyridine rings is 2. The molecule has 0 saturated heterocycles. The monoisotopic (exact) mass is 759 g/mol. The van der Waals surface area contributed by atoms with Crippen LogP contribution in [0.4, 0.5) is 17.6 Å². The van der Waals surface area contributed by atoms with E-state index in [9.17, 15) is 18.0 Å². The number of aryl methyl sites for hydroxylation is 3. The summed E-state index contributed by atoms with van der Waals surface area (Å²) in [5.74, 6) is -3.00. The molecule has 1 aliphatic rings. The number of alkyl halides is 3. The molecule has 0 unspecified atom stereocenters. The van der Waals surface area contributed by atoms with E-state index in [-0.39, 0.29) is 5.78 Å². The molecule has 0 spiro atoms. The maximum atomic E-state index is 15.9. The van der Waals surface area contributed by atoms with E-state index < -0.39 is 29.7 Å². The molecule has 0 fully saturated rings. The lowest BCUT2D eigenvalue weighted by Gasteiger charge is -2.30. The van der Waals surface area contributed by atoms with Gasteiger partial charge >= 0.3 is 12.1 Å². The molecule has 6 aromatic rings. The number of ether oxygens (including phenoxy) is 2. The van der Waals surface area contributed by atoms with Gasteiger partial charge in [0.25, 0.3) is 0 Å². The first kappa shape index (κ1) is 39.1. The topological polar surface area (TPSA) is 121 Å². The molecule has 7 rings (SSSR count). The van der Waals surface area contributed by atoms with Crippen LogP contribution in [0, 0.1) is 19.7 Å². The van der Waals surface area contributed by atoms with E-state index in [4.69, 9.17) is 29.3 Å². The van der Waals surface area contributed by atoms with Crippen LogP contribution in [0.2, 0.25) is 0 Å². The zero-order chi connectivity index (χ0) is 40.1. The molecular weight excluding hydrogens is 718 g/mol. The largest absolute Gasteiger partial charge is 0.490 e. The van der Waals surface area contributed by atoms with E-state index in [0.717, 1.165) is 62.0 Å². The molecule has 5 heterocycles. The van der Waals surface area contributed by atoms with Gasteiger partial charge in [-0.05, 0) is 102 Å². The molecular formula is C41H41F4N5O5. The Labute approximate surface area is 314 Å². The number of ketones is 1. The highest BCUT2D eigenvalue weighted by atomic mass is 19.4. The zero-order valence-electron chi connectivity index (χ0n) is 31.7. The summed E-state index contributed by atoms with van der Waals surface area (Å²) in [5, 5.41) is 13.3. The normalized spacial score (nSPS) is 13.6. The first-order chi connectivity index (χ1) is 25.8. The number of aliphatic carboxylic acids is 1. The molecule has 288 valence electrons. The molecule has 4 aromatic heterocycles. The highest BCUT2D eigenvalue weighted by Crippen LogP contribution is 2.45. The second-order valence-electron chi connectivity index (χ2n) is 14.6. The van der Waals surface area contributed by atoms with Gasteiger partial charge in [0, 0.05) is 52.8 Å². The van der Waals surface area contributed by atoms with Crippen LogP contribution in [0.15, 0.2) is 54.7 Å². The van der Waals surface area contributed by atoms with E-state index in [2.05, 4.69) is 29.4 Å². The van der Waals surface area contributed by atoms with Crippen molar-refractivity contribution >= 4 is 33.7 Å². The second-order valence-corrected chi connectivity index (χ2v) is 14.6. The van der Waals surface area contributed by atoms with E-state index in [1.54, 1.807) is 6.07 Å². The average Bonchev–Trinajstić information content (AvgIpc) is 3.66. The minimum absolute atomic E-state index is 0.147. The van der Waals surface area contributed by atoms with Crippen LogP contribution in [0.5, 0.6) is 5.75 Å². The first-order valence-corrected chi connectivity index (χ1v) is 17.6. The zero-order valence-corrected chi connectivity index (χ0v) is 31.7. The third-order valence-corrected chi connectivity index (χ3v) is 9.51. The van der Waals surface area contributed by atoms with Gasteiger partial charge in [-0.25, -0.2) is 19.2 Å². The van der Waals surface area contributed by atoms with Crippen molar-refractivity contribution in [2.24, 2.45) is 14.1 Å². The fourth-order valence-electron chi connectivity index (χ4n) is 6.99. The molecule has 14 heteroatoms. The quantitative estimate of drug-likeness (QED) is 0.167. The minimum Gasteiger partial charge on any atom is -0.490 e. The fourth-order valence-corrected chi connectivity index (χ4v) is 6.99. The average molecular weight is 760 g/mol. The Bertz CT molecular complexity index is 2480. The Balaban J connectivity index is 0.000000672. The van der Waals surface area contributed by atoms with Gasteiger partial charge in [0.2, 0.25) is 0 Å². The molecule has 1 atom stereocenters. The maximum absolute atomic E-state index is 15.9. The number of carbonyl (C=O) groups is 2. The minimum atomic E-state index is -5.08. The predicted octanol–water partition coefficient (Wildman–Crippen LogP) is 9.02. The maximum Gasteiger partial charge on any atom is 0.490 e. The number of fused-ring (bicyclic) bond motifs is 3. The van der Waals surface area contributed by atoms with Crippen molar-refractivity contribution in [3.63, 3.8) is 0 Å². The van der Waals surface area contributed by atoms with Gasteiger partial charge < -0.3 is 19.1 Å². The second kappa shape index (κ2) is 14.5. The van der Waals surface area contributed by atoms with Gasteiger partial charge in [0.15, 0.2) is 17.3 Å². The summed E-state index contributed by atoms with van der Waals surface area (Å²) in [6.07, 6.45) is -2.61. The number of carbonyl (C=O) groups excluding carboxylic acids is 1. The molecule has 0 aliphatic carbocycles. The predicted molar refractivity (Wildman–Crippen MR) is 200 cm³/mol. The van der Waals surface area contributed by atoms with Crippen LogP contribution in [0.3, 0.4) is 0 Å². The molecule has 10 nitrogen and oxygen atoms in total. The molecule has 0 radical (unpaired) electrons. The number of hydrogen-bond donors (Lipinski definition) is 1. The number of rotatable bonds is 6. The number of halogens is 4. The summed E-state index contributed by atoms with van der Waals surface area (Å²) in [6, 6.07) is 15.8. The van der Waals surface area contributed by atoms with Crippen LogP contribution >= 0.6 is 0 Å². The Morgan fingerprint density at radius 3 is 2.35 bits per heavy atom. The molecule has 55 heavy (non-hydrogen) atoms. The molecule has 0 saturated carbocycles. The van der Waals surface area contributed by atoms with E-state index >= 15 is 4.39 Å². The van der Waals surface area contributed by atoms with Crippen LogP contribution in [0.1, 0.15) is 62.6 Å². The highest BCUT2D eigenvalue weighted by molar-refractivity contribution is 6.02. The van der Waals surface area contributed by atoms with E-state index in [1.165, 1.54) is 6.92 Å². The lowest BCUT2D eigenvalue weighted by atomic mass is 9.86. The Morgan fingerprint density at radius 2 is 1.69 bits per heavy atom. The molecule has 0 amide bonds. The summed E-state index contributed by atoms with van der Waals surface area (Å²) in [4.78, 5) is 32.4. The summed E-state index contributed by atoms with van der Waals surface area (Å²) >= 11 is 0. The van der Waals surface area contributed by atoms with Gasteiger partial charge in [0.1, 0.15) is 11.8 Å². The lowest BCUT2D eigenvalue weighted by Crippen LogP contribution is -2.27.